The van der Waals surface area contributed by atoms with Crippen molar-refractivity contribution in [3.63, 3.8) is 0 Å². The van der Waals surface area contributed by atoms with Crippen LogP contribution < -0.4 is 0 Å². The molecule has 1 aliphatic heterocycles. The summed E-state index contributed by atoms with van der Waals surface area (Å²) in [6.45, 7) is 8.44. The Balaban J connectivity index is 2.24. The summed E-state index contributed by atoms with van der Waals surface area (Å²) in [5.74, 6) is 0. The van der Waals surface area contributed by atoms with Crippen molar-refractivity contribution in [3.05, 3.63) is 0 Å². The molecule has 21 heavy (non-hydrogen) atoms. The average Bonchev–Trinajstić information content (AvgIpc) is 2.91. The van der Waals surface area contributed by atoms with Crippen LogP contribution in [0.15, 0.2) is 0 Å². The Kier molecular flexibility index (Phi) is 11.3. The fraction of sp³-hybridized carbons (Fsp3) is 1.00. The summed E-state index contributed by atoms with van der Waals surface area (Å²) in [6, 6.07) is 1.74. The van der Waals surface area contributed by atoms with Crippen LogP contribution in [-0.2, 0) is 0 Å². The Hall–Kier alpha value is -0.0400. The van der Waals surface area contributed by atoms with Gasteiger partial charge >= 0.3 is 0 Å². The van der Waals surface area contributed by atoms with Crippen molar-refractivity contribution >= 4 is 0 Å². The Morgan fingerprint density at radius 2 is 1.33 bits per heavy atom. The number of hydrogen-bond acceptors (Lipinski definition) is 1. The standard InChI is InChI=1S/C20H41N/c1-4-6-8-10-12-16-20(17-13-11-9-7-5-2)21-18-14-15-19(21)3/h19-20H,4-18H2,1-3H3. The van der Waals surface area contributed by atoms with Gasteiger partial charge in [0.25, 0.3) is 0 Å². The van der Waals surface area contributed by atoms with E-state index in [2.05, 4.69) is 25.7 Å². The van der Waals surface area contributed by atoms with Gasteiger partial charge in [-0.2, -0.15) is 0 Å². The molecule has 1 fully saturated rings. The van der Waals surface area contributed by atoms with E-state index in [0.717, 1.165) is 12.1 Å². The molecule has 126 valence electrons. The fourth-order valence-electron chi connectivity index (χ4n) is 3.94. The van der Waals surface area contributed by atoms with Crippen LogP contribution >= 0.6 is 0 Å². The number of hydrogen-bond donors (Lipinski definition) is 0. The quantitative estimate of drug-likeness (QED) is 0.348. The molecule has 1 heteroatoms. The summed E-state index contributed by atoms with van der Waals surface area (Å²) in [7, 11) is 0. The van der Waals surface area contributed by atoms with Gasteiger partial charge in [0.15, 0.2) is 0 Å². The second-order valence-corrected chi connectivity index (χ2v) is 7.29. The van der Waals surface area contributed by atoms with E-state index < -0.39 is 0 Å². The largest absolute Gasteiger partial charge is 0.298 e. The maximum atomic E-state index is 2.85. The molecule has 1 nitrogen and oxygen atoms in total. The number of nitrogens with zero attached hydrogens (tertiary/aromatic N) is 1. The number of likely N-dealkylation sites (tertiary alicyclic amines) is 1. The molecule has 1 rings (SSSR count). The summed E-state index contributed by atoms with van der Waals surface area (Å²) in [4.78, 5) is 2.85. The van der Waals surface area contributed by atoms with E-state index in [9.17, 15) is 0 Å². The van der Waals surface area contributed by atoms with Crippen molar-refractivity contribution in [2.75, 3.05) is 6.54 Å². The topological polar surface area (TPSA) is 3.24 Å². The fourth-order valence-corrected chi connectivity index (χ4v) is 3.94. The van der Waals surface area contributed by atoms with Crippen molar-refractivity contribution < 1.29 is 0 Å². The first-order valence-electron chi connectivity index (χ1n) is 10.0. The molecule has 0 aromatic heterocycles. The highest BCUT2D eigenvalue weighted by atomic mass is 15.2. The third-order valence-electron chi connectivity index (χ3n) is 5.36. The van der Waals surface area contributed by atoms with E-state index in [-0.39, 0.29) is 0 Å². The summed E-state index contributed by atoms with van der Waals surface area (Å²) in [5.41, 5.74) is 0. The summed E-state index contributed by atoms with van der Waals surface area (Å²) in [6.07, 6.45) is 20.1. The summed E-state index contributed by atoms with van der Waals surface area (Å²) < 4.78 is 0. The van der Waals surface area contributed by atoms with Crippen molar-refractivity contribution in [2.24, 2.45) is 0 Å². The van der Waals surface area contributed by atoms with E-state index >= 15 is 0 Å². The zero-order valence-corrected chi connectivity index (χ0v) is 15.2. The highest BCUT2D eigenvalue weighted by Crippen LogP contribution is 2.26. The minimum Gasteiger partial charge on any atom is -0.298 e. The molecule has 1 unspecified atom stereocenters. The Labute approximate surface area is 134 Å². The lowest BCUT2D eigenvalue weighted by Gasteiger charge is -2.32. The van der Waals surface area contributed by atoms with Crippen LogP contribution in [0, 0.1) is 0 Å². The first-order valence-corrected chi connectivity index (χ1v) is 10.0. The molecule has 0 N–H and O–H groups in total. The van der Waals surface area contributed by atoms with Gasteiger partial charge in [0.05, 0.1) is 0 Å². The lowest BCUT2D eigenvalue weighted by atomic mass is 9.98. The van der Waals surface area contributed by atoms with Gasteiger partial charge < -0.3 is 0 Å². The third-order valence-corrected chi connectivity index (χ3v) is 5.36. The molecule has 0 saturated carbocycles. The SMILES string of the molecule is CCCCCCCC(CCCCCCC)N1CCCC1C. The molecule has 0 bridgehead atoms. The molecule has 1 saturated heterocycles. The third kappa shape index (κ3) is 8.24. The molecule has 1 atom stereocenters. The zero-order valence-electron chi connectivity index (χ0n) is 15.2. The van der Waals surface area contributed by atoms with E-state index in [1.54, 1.807) is 0 Å². The van der Waals surface area contributed by atoms with Crippen molar-refractivity contribution in [1.29, 1.82) is 0 Å². The zero-order chi connectivity index (χ0) is 15.3. The Morgan fingerprint density at radius 1 is 0.810 bits per heavy atom. The highest BCUT2D eigenvalue weighted by Gasteiger charge is 2.26. The minimum atomic E-state index is 0.848. The monoisotopic (exact) mass is 295 g/mol. The van der Waals surface area contributed by atoms with Crippen molar-refractivity contribution in [2.45, 2.75) is 123 Å². The summed E-state index contributed by atoms with van der Waals surface area (Å²) in [5, 5.41) is 0. The molecule has 0 radical (unpaired) electrons. The lowest BCUT2D eigenvalue weighted by Crippen LogP contribution is -2.37. The second-order valence-electron chi connectivity index (χ2n) is 7.29. The number of unbranched alkanes of at least 4 members (excludes halogenated alkanes) is 8. The van der Waals surface area contributed by atoms with Gasteiger partial charge in [0.2, 0.25) is 0 Å². The van der Waals surface area contributed by atoms with Crippen LogP contribution in [0.5, 0.6) is 0 Å². The van der Waals surface area contributed by atoms with Crippen LogP contribution in [0.1, 0.15) is 111 Å². The first-order chi connectivity index (χ1) is 10.3. The van der Waals surface area contributed by atoms with Gasteiger partial charge in [-0.15, -0.1) is 0 Å². The molecule has 1 heterocycles. The van der Waals surface area contributed by atoms with Crippen molar-refractivity contribution in [1.82, 2.24) is 4.90 Å². The van der Waals surface area contributed by atoms with E-state index in [1.165, 1.54) is 96.4 Å². The van der Waals surface area contributed by atoms with Crippen molar-refractivity contribution in [3.8, 4) is 0 Å². The predicted octanol–water partition coefficient (Wildman–Crippen LogP) is 6.56. The smallest absolute Gasteiger partial charge is 0.00980 e. The normalized spacial score (nSPS) is 19.7. The lowest BCUT2D eigenvalue weighted by molar-refractivity contribution is 0.164. The Morgan fingerprint density at radius 3 is 1.76 bits per heavy atom. The van der Waals surface area contributed by atoms with E-state index in [1.807, 2.05) is 0 Å². The molecule has 0 aromatic rings. The maximum Gasteiger partial charge on any atom is 0.00980 e. The first kappa shape index (κ1) is 19.0. The van der Waals surface area contributed by atoms with Gasteiger partial charge in [-0.25, -0.2) is 0 Å². The second kappa shape index (κ2) is 12.5. The van der Waals surface area contributed by atoms with Crippen LogP contribution in [0.2, 0.25) is 0 Å². The average molecular weight is 296 g/mol. The van der Waals surface area contributed by atoms with Gasteiger partial charge in [0.1, 0.15) is 0 Å². The Bertz CT molecular complexity index is 212. The maximum absolute atomic E-state index is 2.85. The van der Waals surface area contributed by atoms with E-state index in [4.69, 9.17) is 0 Å². The van der Waals surface area contributed by atoms with Gasteiger partial charge in [-0.05, 0) is 39.2 Å². The molecule has 0 aromatic carbocycles. The van der Waals surface area contributed by atoms with Gasteiger partial charge in [0, 0.05) is 12.1 Å². The molecule has 1 aliphatic rings. The van der Waals surface area contributed by atoms with Gasteiger partial charge in [-0.1, -0.05) is 78.1 Å². The van der Waals surface area contributed by atoms with Crippen LogP contribution in [-0.4, -0.2) is 23.5 Å². The predicted molar refractivity (Wildman–Crippen MR) is 95.9 cm³/mol. The highest BCUT2D eigenvalue weighted by molar-refractivity contribution is 4.82. The van der Waals surface area contributed by atoms with Crippen LogP contribution in [0.3, 0.4) is 0 Å². The summed E-state index contributed by atoms with van der Waals surface area (Å²) >= 11 is 0. The minimum absolute atomic E-state index is 0.848. The molecular weight excluding hydrogens is 254 g/mol. The van der Waals surface area contributed by atoms with Gasteiger partial charge in [-0.3, -0.25) is 4.90 Å². The van der Waals surface area contributed by atoms with Crippen LogP contribution in [0.25, 0.3) is 0 Å². The number of rotatable bonds is 13. The van der Waals surface area contributed by atoms with E-state index in [0.29, 0.717) is 0 Å². The molecular formula is C20H41N. The molecule has 0 spiro atoms. The van der Waals surface area contributed by atoms with Crippen LogP contribution in [0.4, 0.5) is 0 Å². The molecule has 0 aliphatic carbocycles. The molecule has 0 amide bonds.